The highest BCUT2D eigenvalue weighted by Crippen LogP contribution is 2.07. The quantitative estimate of drug-likeness (QED) is 0.719. The lowest BCUT2D eigenvalue weighted by molar-refractivity contribution is 0.0660. The fourth-order valence-corrected chi connectivity index (χ4v) is 1.07. The van der Waals surface area contributed by atoms with Gasteiger partial charge in [0.05, 0.1) is 6.54 Å². The summed E-state index contributed by atoms with van der Waals surface area (Å²) < 4.78 is 4.96. The zero-order valence-electron chi connectivity index (χ0n) is 9.11. The highest BCUT2D eigenvalue weighted by atomic mass is 16.4. The molecule has 0 saturated carbocycles. The van der Waals surface area contributed by atoms with Crippen molar-refractivity contribution in [3.63, 3.8) is 0 Å². The van der Waals surface area contributed by atoms with Crippen molar-refractivity contribution in [3.8, 4) is 0 Å². The summed E-state index contributed by atoms with van der Waals surface area (Å²) in [5, 5.41) is 13.8. The molecule has 0 aromatic carbocycles. The maximum Gasteiger partial charge on any atom is 0.371 e. The van der Waals surface area contributed by atoms with Crippen LogP contribution in [0.25, 0.3) is 0 Å². The molecule has 16 heavy (non-hydrogen) atoms. The van der Waals surface area contributed by atoms with E-state index >= 15 is 0 Å². The Balaban J connectivity index is 2.42. The van der Waals surface area contributed by atoms with E-state index in [0.717, 1.165) is 0 Å². The minimum absolute atomic E-state index is 0.0474. The Morgan fingerprint density at radius 2 is 2.12 bits per heavy atom. The van der Waals surface area contributed by atoms with Crippen molar-refractivity contribution in [2.45, 2.75) is 26.4 Å². The Kier molecular flexibility index (Phi) is 3.93. The van der Waals surface area contributed by atoms with Gasteiger partial charge < -0.3 is 20.2 Å². The van der Waals surface area contributed by atoms with Crippen molar-refractivity contribution in [3.05, 3.63) is 23.7 Å². The lowest BCUT2D eigenvalue weighted by Gasteiger charge is -2.08. The van der Waals surface area contributed by atoms with Crippen LogP contribution in [0.5, 0.6) is 0 Å². The summed E-state index contributed by atoms with van der Waals surface area (Å²) in [5.74, 6) is -0.866. The molecule has 2 amide bonds. The average molecular weight is 226 g/mol. The fraction of sp³-hybridized carbons (Fsp3) is 0.400. The largest absolute Gasteiger partial charge is 0.475 e. The monoisotopic (exact) mass is 226 g/mol. The van der Waals surface area contributed by atoms with E-state index in [2.05, 4.69) is 10.6 Å². The summed E-state index contributed by atoms with van der Waals surface area (Å²) in [7, 11) is 0. The third kappa shape index (κ3) is 3.64. The SMILES string of the molecule is CC(C)NC(=O)NCc1ccc(C(=O)O)o1. The Labute approximate surface area is 92.6 Å². The second-order valence-electron chi connectivity index (χ2n) is 3.55. The second kappa shape index (κ2) is 5.20. The van der Waals surface area contributed by atoms with Gasteiger partial charge >= 0.3 is 12.0 Å². The van der Waals surface area contributed by atoms with E-state index in [0.29, 0.717) is 5.76 Å². The van der Waals surface area contributed by atoms with Gasteiger partial charge in [-0.15, -0.1) is 0 Å². The van der Waals surface area contributed by atoms with Gasteiger partial charge in [-0.1, -0.05) is 0 Å². The highest BCUT2D eigenvalue weighted by molar-refractivity contribution is 5.84. The van der Waals surface area contributed by atoms with Crippen LogP contribution in [-0.2, 0) is 6.54 Å². The smallest absolute Gasteiger partial charge is 0.371 e. The van der Waals surface area contributed by atoms with Crippen LogP contribution >= 0.6 is 0 Å². The molecule has 1 heterocycles. The third-order valence-corrected chi connectivity index (χ3v) is 1.72. The summed E-state index contributed by atoms with van der Waals surface area (Å²) >= 11 is 0. The molecule has 0 atom stereocenters. The second-order valence-corrected chi connectivity index (χ2v) is 3.55. The minimum atomic E-state index is -1.13. The van der Waals surface area contributed by atoms with Crippen LogP contribution in [0.4, 0.5) is 4.79 Å². The van der Waals surface area contributed by atoms with Gasteiger partial charge in [-0.25, -0.2) is 9.59 Å². The Morgan fingerprint density at radius 1 is 1.44 bits per heavy atom. The van der Waals surface area contributed by atoms with Crippen LogP contribution in [0.2, 0.25) is 0 Å². The Bertz CT molecular complexity index is 384. The number of amides is 2. The standard InChI is InChI=1S/C10H14N2O4/c1-6(2)12-10(15)11-5-7-3-4-8(16-7)9(13)14/h3-4,6H,5H2,1-2H3,(H,13,14)(H2,11,12,15). The topological polar surface area (TPSA) is 91.6 Å². The molecule has 6 heteroatoms. The van der Waals surface area contributed by atoms with Crippen LogP contribution in [0.3, 0.4) is 0 Å². The molecule has 88 valence electrons. The van der Waals surface area contributed by atoms with E-state index in [1.54, 1.807) is 0 Å². The van der Waals surface area contributed by atoms with Gasteiger partial charge in [0.15, 0.2) is 0 Å². The summed E-state index contributed by atoms with van der Waals surface area (Å²) in [6, 6.07) is 2.59. The fourth-order valence-electron chi connectivity index (χ4n) is 1.07. The van der Waals surface area contributed by atoms with Gasteiger partial charge in [-0.2, -0.15) is 0 Å². The number of hydrogen-bond acceptors (Lipinski definition) is 3. The first kappa shape index (κ1) is 12.1. The van der Waals surface area contributed by atoms with Gasteiger partial charge in [-0.3, -0.25) is 0 Å². The van der Waals surface area contributed by atoms with Crippen LogP contribution < -0.4 is 10.6 Å². The molecule has 0 fully saturated rings. The molecule has 0 unspecified atom stereocenters. The number of nitrogens with one attached hydrogen (secondary N) is 2. The molecule has 0 saturated heterocycles. The van der Waals surface area contributed by atoms with E-state index in [1.807, 2.05) is 13.8 Å². The molecule has 3 N–H and O–H groups in total. The zero-order valence-corrected chi connectivity index (χ0v) is 9.11. The first-order valence-corrected chi connectivity index (χ1v) is 4.85. The van der Waals surface area contributed by atoms with Crippen molar-refractivity contribution in [2.24, 2.45) is 0 Å². The van der Waals surface area contributed by atoms with Crippen LogP contribution in [0.1, 0.15) is 30.2 Å². The average Bonchev–Trinajstić information content (AvgIpc) is 2.61. The first-order valence-electron chi connectivity index (χ1n) is 4.85. The molecule has 1 rings (SSSR count). The van der Waals surface area contributed by atoms with E-state index < -0.39 is 5.97 Å². The number of carbonyl (C=O) groups is 2. The number of carboxylic acids is 1. The molecule has 0 aliphatic heterocycles. The molecule has 0 spiro atoms. The summed E-state index contributed by atoms with van der Waals surface area (Å²) in [4.78, 5) is 21.7. The maximum atomic E-state index is 11.2. The number of carbonyl (C=O) groups excluding carboxylic acids is 1. The maximum absolute atomic E-state index is 11.2. The summed E-state index contributed by atoms with van der Waals surface area (Å²) in [5.41, 5.74) is 0. The van der Waals surface area contributed by atoms with E-state index in [-0.39, 0.29) is 24.4 Å². The first-order chi connectivity index (χ1) is 7.49. The minimum Gasteiger partial charge on any atom is -0.475 e. The number of carboxylic acid groups (broad SMARTS) is 1. The highest BCUT2D eigenvalue weighted by Gasteiger charge is 2.09. The number of aromatic carboxylic acids is 1. The van der Waals surface area contributed by atoms with Crippen molar-refractivity contribution in [1.82, 2.24) is 10.6 Å². The molecular weight excluding hydrogens is 212 g/mol. The van der Waals surface area contributed by atoms with E-state index in [1.165, 1.54) is 12.1 Å². The molecule has 0 bridgehead atoms. The van der Waals surface area contributed by atoms with Gasteiger partial charge in [0, 0.05) is 6.04 Å². The number of urea groups is 1. The molecule has 1 aromatic rings. The lowest BCUT2D eigenvalue weighted by Crippen LogP contribution is -2.38. The van der Waals surface area contributed by atoms with Crippen molar-refractivity contribution in [1.29, 1.82) is 0 Å². The Morgan fingerprint density at radius 3 is 2.62 bits per heavy atom. The number of hydrogen-bond donors (Lipinski definition) is 3. The predicted octanol–water partition coefficient (Wildman–Crippen LogP) is 1.19. The third-order valence-electron chi connectivity index (χ3n) is 1.72. The van der Waals surface area contributed by atoms with Crippen LogP contribution in [0, 0.1) is 0 Å². The van der Waals surface area contributed by atoms with Crippen molar-refractivity contribution in [2.75, 3.05) is 0 Å². The van der Waals surface area contributed by atoms with Gasteiger partial charge in [0.25, 0.3) is 0 Å². The number of rotatable bonds is 4. The summed E-state index contributed by atoms with van der Waals surface area (Å²) in [6.45, 7) is 3.84. The van der Waals surface area contributed by atoms with Crippen LogP contribution in [0.15, 0.2) is 16.5 Å². The lowest BCUT2D eigenvalue weighted by atomic mass is 10.4. The van der Waals surface area contributed by atoms with Gasteiger partial charge in [-0.05, 0) is 26.0 Å². The molecule has 0 radical (unpaired) electrons. The molecule has 0 aliphatic rings. The molecule has 1 aromatic heterocycles. The molecule has 6 nitrogen and oxygen atoms in total. The van der Waals surface area contributed by atoms with Crippen molar-refractivity contribution < 1.29 is 19.1 Å². The van der Waals surface area contributed by atoms with Crippen molar-refractivity contribution >= 4 is 12.0 Å². The summed E-state index contributed by atoms with van der Waals surface area (Å²) in [6.07, 6.45) is 0. The van der Waals surface area contributed by atoms with E-state index in [4.69, 9.17) is 9.52 Å². The van der Waals surface area contributed by atoms with Gasteiger partial charge in [0.2, 0.25) is 5.76 Å². The van der Waals surface area contributed by atoms with E-state index in [9.17, 15) is 9.59 Å². The Hall–Kier alpha value is -1.98. The van der Waals surface area contributed by atoms with Crippen LogP contribution in [-0.4, -0.2) is 23.1 Å². The molecular formula is C10H14N2O4. The molecule has 0 aliphatic carbocycles. The predicted molar refractivity (Wildman–Crippen MR) is 56.2 cm³/mol. The number of furan rings is 1. The normalized spacial score (nSPS) is 10.2. The zero-order chi connectivity index (χ0) is 12.1. The van der Waals surface area contributed by atoms with Gasteiger partial charge in [0.1, 0.15) is 5.76 Å².